The predicted octanol–water partition coefficient (Wildman–Crippen LogP) is 2.86. The molecule has 22 heavy (non-hydrogen) atoms. The van der Waals surface area contributed by atoms with Crippen molar-refractivity contribution in [3.8, 4) is 11.5 Å². The van der Waals surface area contributed by atoms with Gasteiger partial charge in [0, 0.05) is 0 Å². The van der Waals surface area contributed by atoms with Crippen molar-refractivity contribution in [2.45, 2.75) is 6.42 Å². The molecule has 0 aliphatic heterocycles. The standard InChI is InChI=1S/C16H15BrN2O3/c1-22-15-7-4-12(8-14(15)17)10-18-19-16(21)9-11-2-5-13(20)6-3-11/h2-8,10,20H,9H2,1H3,(H,19,21)/b18-10-. The van der Waals surface area contributed by atoms with Gasteiger partial charge in [-0.1, -0.05) is 12.1 Å². The number of rotatable bonds is 5. The Morgan fingerprint density at radius 1 is 1.32 bits per heavy atom. The van der Waals surface area contributed by atoms with E-state index in [0.717, 1.165) is 21.3 Å². The zero-order valence-corrected chi connectivity index (χ0v) is 13.5. The van der Waals surface area contributed by atoms with Gasteiger partial charge in [0.1, 0.15) is 11.5 Å². The summed E-state index contributed by atoms with van der Waals surface area (Å²) in [6.07, 6.45) is 1.75. The van der Waals surface area contributed by atoms with Crippen LogP contribution in [0.3, 0.4) is 0 Å². The number of carbonyl (C=O) groups is 1. The Kier molecular flexibility index (Phi) is 5.55. The average molecular weight is 363 g/mol. The summed E-state index contributed by atoms with van der Waals surface area (Å²) in [6, 6.07) is 12.0. The Bertz CT molecular complexity index is 684. The van der Waals surface area contributed by atoms with Crippen LogP contribution in [-0.2, 0) is 11.2 Å². The largest absolute Gasteiger partial charge is 0.508 e. The first kappa shape index (κ1) is 16.0. The van der Waals surface area contributed by atoms with E-state index in [4.69, 9.17) is 4.74 Å². The smallest absolute Gasteiger partial charge is 0.244 e. The fourth-order valence-electron chi connectivity index (χ4n) is 1.78. The molecule has 0 unspecified atom stereocenters. The second-order valence-electron chi connectivity index (χ2n) is 4.53. The number of methoxy groups -OCH3 is 1. The van der Waals surface area contributed by atoms with Crippen molar-refractivity contribution in [2.24, 2.45) is 5.10 Å². The number of hydrogen-bond acceptors (Lipinski definition) is 4. The molecule has 5 nitrogen and oxygen atoms in total. The summed E-state index contributed by atoms with van der Waals surface area (Å²) in [6.45, 7) is 0. The van der Waals surface area contributed by atoms with E-state index in [9.17, 15) is 9.90 Å². The van der Waals surface area contributed by atoms with Gasteiger partial charge in [0.15, 0.2) is 0 Å². The van der Waals surface area contributed by atoms with Crippen LogP contribution in [0.1, 0.15) is 11.1 Å². The number of ether oxygens (including phenoxy) is 1. The second kappa shape index (κ2) is 7.61. The maximum Gasteiger partial charge on any atom is 0.244 e. The minimum Gasteiger partial charge on any atom is -0.508 e. The Hall–Kier alpha value is -2.34. The van der Waals surface area contributed by atoms with Gasteiger partial charge < -0.3 is 9.84 Å². The monoisotopic (exact) mass is 362 g/mol. The number of nitrogens with zero attached hydrogens (tertiary/aromatic N) is 1. The van der Waals surface area contributed by atoms with Crippen LogP contribution in [0, 0.1) is 0 Å². The molecule has 0 saturated carbocycles. The normalized spacial score (nSPS) is 10.6. The first-order valence-corrected chi connectivity index (χ1v) is 7.31. The van der Waals surface area contributed by atoms with Gasteiger partial charge in [-0.2, -0.15) is 5.10 Å². The molecule has 2 aromatic rings. The number of amides is 1. The molecule has 0 fully saturated rings. The molecule has 0 aromatic heterocycles. The number of benzene rings is 2. The zero-order valence-electron chi connectivity index (χ0n) is 11.9. The highest BCUT2D eigenvalue weighted by molar-refractivity contribution is 9.10. The molecular formula is C16H15BrN2O3. The summed E-state index contributed by atoms with van der Waals surface area (Å²) < 4.78 is 5.95. The summed E-state index contributed by atoms with van der Waals surface area (Å²) >= 11 is 3.38. The van der Waals surface area contributed by atoms with E-state index in [1.807, 2.05) is 18.2 Å². The SMILES string of the molecule is COc1ccc(/C=N\NC(=O)Cc2ccc(O)cc2)cc1Br. The van der Waals surface area contributed by atoms with E-state index in [2.05, 4.69) is 26.5 Å². The van der Waals surface area contributed by atoms with E-state index in [1.54, 1.807) is 37.6 Å². The van der Waals surface area contributed by atoms with E-state index < -0.39 is 0 Å². The van der Waals surface area contributed by atoms with Gasteiger partial charge in [0.2, 0.25) is 5.91 Å². The molecule has 0 atom stereocenters. The van der Waals surface area contributed by atoms with Crippen LogP contribution in [0.15, 0.2) is 52.0 Å². The van der Waals surface area contributed by atoms with Crippen molar-refractivity contribution >= 4 is 28.1 Å². The van der Waals surface area contributed by atoms with Gasteiger partial charge in [-0.15, -0.1) is 0 Å². The third kappa shape index (κ3) is 4.60. The highest BCUT2D eigenvalue weighted by Gasteiger charge is 2.02. The van der Waals surface area contributed by atoms with Gasteiger partial charge in [-0.25, -0.2) is 5.43 Å². The predicted molar refractivity (Wildman–Crippen MR) is 88.2 cm³/mol. The summed E-state index contributed by atoms with van der Waals surface area (Å²) in [5.74, 6) is 0.676. The number of phenolic OH excluding ortho intramolecular Hbond substituents is 1. The average Bonchev–Trinajstić information content (AvgIpc) is 2.50. The molecular weight excluding hydrogens is 348 g/mol. The lowest BCUT2D eigenvalue weighted by molar-refractivity contribution is -0.120. The van der Waals surface area contributed by atoms with E-state index in [-0.39, 0.29) is 18.1 Å². The highest BCUT2D eigenvalue weighted by atomic mass is 79.9. The Morgan fingerprint density at radius 3 is 2.68 bits per heavy atom. The van der Waals surface area contributed by atoms with Gasteiger partial charge in [-0.3, -0.25) is 4.79 Å². The molecule has 0 aliphatic carbocycles. The lowest BCUT2D eigenvalue weighted by atomic mass is 10.1. The molecule has 0 radical (unpaired) electrons. The lowest BCUT2D eigenvalue weighted by Crippen LogP contribution is -2.19. The van der Waals surface area contributed by atoms with Crippen molar-refractivity contribution in [2.75, 3.05) is 7.11 Å². The van der Waals surface area contributed by atoms with Crippen molar-refractivity contribution in [1.29, 1.82) is 0 Å². The van der Waals surface area contributed by atoms with Crippen LogP contribution >= 0.6 is 15.9 Å². The summed E-state index contributed by atoms with van der Waals surface area (Å²) in [5.41, 5.74) is 4.10. The maximum atomic E-state index is 11.7. The fraction of sp³-hybridized carbons (Fsp3) is 0.125. The number of phenols is 1. The minimum absolute atomic E-state index is 0.173. The molecule has 0 aliphatic rings. The maximum absolute atomic E-state index is 11.7. The van der Waals surface area contributed by atoms with Crippen molar-refractivity contribution in [3.63, 3.8) is 0 Å². The number of hydrazone groups is 1. The second-order valence-corrected chi connectivity index (χ2v) is 5.38. The molecule has 2 N–H and O–H groups in total. The quantitative estimate of drug-likeness (QED) is 0.634. The molecule has 114 valence electrons. The number of halogens is 1. The molecule has 2 aromatic carbocycles. The molecule has 2 rings (SSSR count). The van der Waals surface area contributed by atoms with Crippen LogP contribution in [0.25, 0.3) is 0 Å². The molecule has 0 heterocycles. The fourth-order valence-corrected chi connectivity index (χ4v) is 2.34. The van der Waals surface area contributed by atoms with Crippen LogP contribution in [-0.4, -0.2) is 24.3 Å². The van der Waals surface area contributed by atoms with Gasteiger partial charge >= 0.3 is 0 Å². The number of aromatic hydroxyl groups is 1. The third-order valence-corrected chi connectivity index (χ3v) is 3.50. The number of carbonyl (C=O) groups excluding carboxylic acids is 1. The van der Waals surface area contributed by atoms with E-state index >= 15 is 0 Å². The van der Waals surface area contributed by atoms with Gasteiger partial charge in [-0.05, 0) is 57.4 Å². The zero-order chi connectivity index (χ0) is 15.9. The minimum atomic E-state index is -0.227. The molecule has 0 spiro atoms. The molecule has 1 amide bonds. The Labute approximate surface area is 136 Å². The topological polar surface area (TPSA) is 70.9 Å². The Balaban J connectivity index is 1.90. The van der Waals surface area contributed by atoms with Crippen LogP contribution in [0.2, 0.25) is 0 Å². The van der Waals surface area contributed by atoms with E-state index in [1.165, 1.54) is 0 Å². The first-order chi connectivity index (χ1) is 10.6. The number of nitrogens with one attached hydrogen (secondary N) is 1. The van der Waals surface area contributed by atoms with Crippen LogP contribution in [0.5, 0.6) is 11.5 Å². The molecule has 6 heteroatoms. The third-order valence-electron chi connectivity index (χ3n) is 2.88. The highest BCUT2D eigenvalue weighted by Crippen LogP contribution is 2.24. The van der Waals surface area contributed by atoms with E-state index in [0.29, 0.717) is 0 Å². The summed E-state index contributed by atoms with van der Waals surface area (Å²) in [5, 5.41) is 13.1. The first-order valence-electron chi connectivity index (χ1n) is 6.52. The Morgan fingerprint density at radius 2 is 2.05 bits per heavy atom. The van der Waals surface area contributed by atoms with Crippen LogP contribution < -0.4 is 10.2 Å². The van der Waals surface area contributed by atoms with Crippen molar-refractivity contribution in [3.05, 3.63) is 58.1 Å². The van der Waals surface area contributed by atoms with Gasteiger partial charge in [0.05, 0.1) is 24.2 Å². The lowest BCUT2D eigenvalue weighted by Gasteiger charge is -2.03. The summed E-state index contributed by atoms with van der Waals surface area (Å²) in [4.78, 5) is 11.7. The number of hydrogen-bond donors (Lipinski definition) is 2. The van der Waals surface area contributed by atoms with Gasteiger partial charge in [0.25, 0.3) is 0 Å². The molecule has 0 saturated heterocycles. The van der Waals surface area contributed by atoms with Crippen molar-refractivity contribution < 1.29 is 14.6 Å². The van der Waals surface area contributed by atoms with Crippen molar-refractivity contribution in [1.82, 2.24) is 5.43 Å². The molecule has 0 bridgehead atoms. The van der Waals surface area contributed by atoms with Crippen LogP contribution in [0.4, 0.5) is 0 Å². The summed E-state index contributed by atoms with van der Waals surface area (Å²) in [7, 11) is 1.59.